The fourth-order valence-corrected chi connectivity index (χ4v) is 4.23. The maximum absolute atomic E-state index is 12.5. The third kappa shape index (κ3) is 4.05. The van der Waals surface area contributed by atoms with Crippen LogP contribution in [0.5, 0.6) is 11.5 Å². The number of fused-ring (bicyclic) bond motifs is 1. The molecule has 0 spiro atoms. The zero-order chi connectivity index (χ0) is 18.6. The molecule has 1 aromatic carbocycles. The highest BCUT2D eigenvalue weighted by Gasteiger charge is 2.19. The van der Waals surface area contributed by atoms with E-state index in [1.807, 2.05) is 34.7 Å². The average Bonchev–Trinajstić information content (AvgIpc) is 2.89. The van der Waals surface area contributed by atoms with Gasteiger partial charge in [0.25, 0.3) is 0 Å². The first-order valence-electron chi connectivity index (χ1n) is 9.42. The van der Waals surface area contributed by atoms with Crippen LogP contribution in [0.4, 0.5) is 0 Å². The Balaban J connectivity index is 1.43. The molecule has 8 heteroatoms. The van der Waals surface area contributed by atoms with Crippen LogP contribution in [-0.2, 0) is 11.8 Å². The Morgan fingerprint density at radius 1 is 1.07 bits per heavy atom. The molecular formula is C19H24N4O3S. The molecule has 27 heavy (non-hydrogen) atoms. The van der Waals surface area contributed by atoms with Crippen molar-refractivity contribution >= 4 is 17.7 Å². The van der Waals surface area contributed by atoms with Crippen molar-refractivity contribution in [3.05, 3.63) is 18.2 Å². The Kier molecular flexibility index (Phi) is 5.52. The van der Waals surface area contributed by atoms with Crippen LogP contribution in [0.3, 0.4) is 0 Å². The predicted molar refractivity (Wildman–Crippen MR) is 103 cm³/mol. The van der Waals surface area contributed by atoms with Gasteiger partial charge in [0.15, 0.2) is 22.5 Å². The fourth-order valence-electron chi connectivity index (χ4n) is 3.41. The number of carbonyl (C=O) groups excluding carboxylic acids is 1. The van der Waals surface area contributed by atoms with Crippen LogP contribution >= 0.6 is 11.8 Å². The smallest absolute Gasteiger partial charge is 0.233 e. The average molecular weight is 388 g/mol. The second kappa shape index (κ2) is 8.21. The van der Waals surface area contributed by atoms with E-state index < -0.39 is 0 Å². The summed E-state index contributed by atoms with van der Waals surface area (Å²) < 4.78 is 13.1. The van der Waals surface area contributed by atoms with Crippen LogP contribution in [0.2, 0.25) is 0 Å². The molecule has 144 valence electrons. The summed E-state index contributed by atoms with van der Waals surface area (Å²) in [7, 11) is 1.92. The molecule has 0 atom stereocenters. The Hall–Kier alpha value is -2.22. The summed E-state index contributed by atoms with van der Waals surface area (Å²) in [6, 6.07) is 5.78. The molecule has 3 heterocycles. The predicted octanol–water partition coefficient (Wildman–Crippen LogP) is 2.75. The Morgan fingerprint density at radius 3 is 2.59 bits per heavy atom. The molecule has 2 aliphatic heterocycles. The van der Waals surface area contributed by atoms with Gasteiger partial charge in [-0.3, -0.25) is 4.79 Å². The van der Waals surface area contributed by atoms with Crippen LogP contribution < -0.4 is 9.47 Å². The van der Waals surface area contributed by atoms with Gasteiger partial charge in [0, 0.05) is 25.7 Å². The number of likely N-dealkylation sites (tertiary alicyclic amines) is 1. The van der Waals surface area contributed by atoms with Crippen LogP contribution in [0.1, 0.15) is 25.7 Å². The van der Waals surface area contributed by atoms with Gasteiger partial charge in [-0.2, -0.15) is 0 Å². The number of thioether (sulfide) groups is 1. The van der Waals surface area contributed by atoms with Crippen molar-refractivity contribution in [2.75, 3.05) is 32.1 Å². The van der Waals surface area contributed by atoms with Crippen molar-refractivity contribution in [3.8, 4) is 22.9 Å². The van der Waals surface area contributed by atoms with Gasteiger partial charge in [0.2, 0.25) is 5.91 Å². The highest BCUT2D eigenvalue weighted by molar-refractivity contribution is 7.99. The van der Waals surface area contributed by atoms with Crippen LogP contribution in [0.15, 0.2) is 23.4 Å². The van der Waals surface area contributed by atoms with Gasteiger partial charge in [-0.25, -0.2) is 0 Å². The highest BCUT2D eigenvalue weighted by Crippen LogP contribution is 2.34. The minimum Gasteiger partial charge on any atom is -0.486 e. The number of ether oxygens (including phenoxy) is 2. The van der Waals surface area contributed by atoms with Crippen molar-refractivity contribution in [2.45, 2.75) is 30.8 Å². The number of hydrogen-bond donors (Lipinski definition) is 0. The molecule has 0 aliphatic carbocycles. The minimum absolute atomic E-state index is 0.186. The standard InChI is InChI=1S/C19H24N4O3S/c1-22-18(14-6-7-15-16(12-14)26-11-10-25-15)20-21-19(22)27-13-17(24)23-8-4-2-3-5-9-23/h6-7,12H,2-5,8-11,13H2,1H3. The monoisotopic (exact) mass is 388 g/mol. The lowest BCUT2D eigenvalue weighted by molar-refractivity contribution is -0.128. The number of rotatable bonds is 4. The largest absolute Gasteiger partial charge is 0.486 e. The van der Waals surface area contributed by atoms with Crippen molar-refractivity contribution in [1.29, 1.82) is 0 Å². The number of aromatic nitrogens is 3. The van der Waals surface area contributed by atoms with E-state index in [0.29, 0.717) is 19.0 Å². The SMILES string of the molecule is Cn1c(SCC(=O)N2CCCCCC2)nnc1-c1ccc2c(c1)OCCO2. The Bertz CT molecular complexity index is 815. The van der Waals surface area contributed by atoms with Gasteiger partial charge in [-0.05, 0) is 31.0 Å². The lowest BCUT2D eigenvalue weighted by Gasteiger charge is -2.19. The quantitative estimate of drug-likeness (QED) is 0.750. The topological polar surface area (TPSA) is 69.5 Å². The molecular weight excluding hydrogens is 364 g/mol. The van der Waals surface area contributed by atoms with E-state index in [4.69, 9.17) is 9.47 Å². The van der Waals surface area contributed by atoms with E-state index in [9.17, 15) is 4.79 Å². The van der Waals surface area contributed by atoms with E-state index in [1.165, 1.54) is 24.6 Å². The number of amides is 1. The summed E-state index contributed by atoms with van der Waals surface area (Å²) in [4.78, 5) is 14.5. The van der Waals surface area contributed by atoms with Gasteiger partial charge < -0.3 is 18.9 Å². The third-order valence-electron chi connectivity index (χ3n) is 4.92. The van der Waals surface area contributed by atoms with Crippen LogP contribution in [0.25, 0.3) is 11.4 Å². The van der Waals surface area contributed by atoms with Crippen molar-refractivity contribution in [2.24, 2.45) is 7.05 Å². The van der Waals surface area contributed by atoms with Crippen molar-refractivity contribution in [1.82, 2.24) is 19.7 Å². The first-order chi connectivity index (χ1) is 13.2. The number of hydrogen-bond acceptors (Lipinski definition) is 6. The number of nitrogens with zero attached hydrogens (tertiary/aromatic N) is 4. The maximum atomic E-state index is 12.5. The maximum Gasteiger partial charge on any atom is 0.233 e. The summed E-state index contributed by atoms with van der Waals surface area (Å²) in [5, 5.41) is 9.32. The molecule has 2 aliphatic rings. The first-order valence-corrected chi connectivity index (χ1v) is 10.4. The van der Waals surface area contributed by atoms with Crippen molar-refractivity contribution < 1.29 is 14.3 Å². The lowest BCUT2D eigenvalue weighted by Crippen LogP contribution is -2.33. The second-order valence-corrected chi connectivity index (χ2v) is 7.75. The molecule has 1 fully saturated rings. The summed E-state index contributed by atoms with van der Waals surface area (Å²) in [6.45, 7) is 2.87. The molecule has 1 aromatic heterocycles. The second-order valence-electron chi connectivity index (χ2n) is 6.81. The molecule has 1 saturated heterocycles. The van der Waals surface area contributed by atoms with E-state index in [0.717, 1.165) is 54.0 Å². The zero-order valence-corrected chi connectivity index (χ0v) is 16.3. The molecule has 0 bridgehead atoms. The summed E-state index contributed by atoms with van der Waals surface area (Å²) in [5.74, 6) is 2.81. The molecule has 0 radical (unpaired) electrons. The van der Waals surface area contributed by atoms with E-state index in [1.54, 1.807) is 0 Å². The highest BCUT2D eigenvalue weighted by atomic mass is 32.2. The van der Waals surface area contributed by atoms with E-state index in [2.05, 4.69) is 10.2 Å². The van der Waals surface area contributed by atoms with Gasteiger partial charge in [-0.15, -0.1) is 10.2 Å². The minimum atomic E-state index is 0.186. The number of carbonyl (C=O) groups is 1. The summed E-state index contributed by atoms with van der Waals surface area (Å²) in [6.07, 6.45) is 4.65. The van der Waals surface area contributed by atoms with Crippen LogP contribution in [0, 0.1) is 0 Å². The lowest BCUT2D eigenvalue weighted by atomic mass is 10.2. The van der Waals surface area contributed by atoms with E-state index in [-0.39, 0.29) is 5.91 Å². The normalized spacial score (nSPS) is 16.9. The summed E-state index contributed by atoms with van der Waals surface area (Å²) >= 11 is 1.44. The molecule has 0 N–H and O–H groups in total. The van der Waals surface area contributed by atoms with Crippen molar-refractivity contribution in [3.63, 3.8) is 0 Å². The van der Waals surface area contributed by atoms with Crippen LogP contribution in [-0.4, -0.2) is 57.6 Å². The Labute approximate surface area is 163 Å². The molecule has 7 nitrogen and oxygen atoms in total. The van der Waals surface area contributed by atoms with Gasteiger partial charge >= 0.3 is 0 Å². The van der Waals surface area contributed by atoms with E-state index >= 15 is 0 Å². The summed E-state index contributed by atoms with van der Waals surface area (Å²) in [5.41, 5.74) is 0.917. The molecule has 0 saturated carbocycles. The van der Waals surface area contributed by atoms with Gasteiger partial charge in [-0.1, -0.05) is 24.6 Å². The molecule has 0 unspecified atom stereocenters. The molecule has 4 rings (SSSR count). The molecule has 2 aromatic rings. The number of benzene rings is 1. The fraction of sp³-hybridized carbons (Fsp3) is 0.526. The zero-order valence-electron chi connectivity index (χ0n) is 15.5. The van der Waals surface area contributed by atoms with Gasteiger partial charge in [0.05, 0.1) is 5.75 Å². The Morgan fingerprint density at radius 2 is 1.81 bits per heavy atom. The third-order valence-corrected chi connectivity index (χ3v) is 5.92. The first kappa shape index (κ1) is 18.2. The van der Waals surface area contributed by atoms with Gasteiger partial charge in [0.1, 0.15) is 13.2 Å². The molecule has 1 amide bonds.